The van der Waals surface area contributed by atoms with Crippen molar-refractivity contribution in [2.24, 2.45) is 0 Å². The highest BCUT2D eigenvalue weighted by atomic mass is 32.1. The zero-order chi connectivity index (χ0) is 10.7. The minimum absolute atomic E-state index is 0.0338. The molecule has 1 amide bonds. The largest absolute Gasteiger partial charge is 0.394 e. The smallest absolute Gasteiger partial charge is 0.252 e. The number of hydrogen-bond acceptors (Lipinski definition) is 3. The van der Waals surface area contributed by atoms with Gasteiger partial charge in [-0.05, 0) is 26.3 Å². The van der Waals surface area contributed by atoms with E-state index >= 15 is 0 Å². The van der Waals surface area contributed by atoms with Crippen LogP contribution in [-0.4, -0.2) is 23.7 Å². The topological polar surface area (TPSA) is 49.3 Å². The average molecular weight is 213 g/mol. The molecule has 1 aromatic heterocycles. The zero-order valence-corrected chi connectivity index (χ0v) is 9.44. The van der Waals surface area contributed by atoms with Gasteiger partial charge in [0, 0.05) is 16.3 Å². The van der Waals surface area contributed by atoms with Gasteiger partial charge < -0.3 is 10.4 Å². The van der Waals surface area contributed by atoms with Gasteiger partial charge in [-0.1, -0.05) is 0 Å². The van der Waals surface area contributed by atoms with E-state index in [-0.39, 0.29) is 18.6 Å². The Morgan fingerprint density at radius 2 is 2.29 bits per heavy atom. The van der Waals surface area contributed by atoms with E-state index in [9.17, 15) is 4.79 Å². The van der Waals surface area contributed by atoms with E-state index in [0.717, 1.165) is 10.4 Å². The molecule has 0 saturated carbocycles. The van der Waals surface area contributed by atoms with E-state index in [1.54, 1.807) is 18.3 Å². The molecule has 4 heteroatoms. The lowest BCUT2D eigenvalue weighted by Crippen LogP contribution is -2.35. The van der Waals surface area contributed by atoms with E-state index in [0.29, 0.717) is 5.56 Å². The van der Waals surface area contributed by atoms with Crippen molar-refractivity contribution < 1.29 is 9.90 Å². The van der Waals surface area contributed by atoms with Crippen LogP contribution in [0.15, 0.2) is 5.38 Å². The average Bonchev–Trinajstić information content (AvgIpc) is 2.47. The van der Waals surface area contributed by atoms with E-state index in [1.165, 1.54) is 0 Å². The van der Waals surface area contributed by atoms with Gasteiger partial charge in [-0.2, -0.15) is 0 Å². The lowest BCUT2D eigenvalue weighted by atomic mass is 10.1. The van der Waals surface area contributed by atoms with Crippen LogP contribution in [0.4, 0.5) is 0 Å². The highest BCUT2D eigenvalue weighted by Gasteiger charge is 2.13. The molecule has 1 atom stereocenters. The van der Waals surface area contributed by atoms with Crippen LogP contribution in [0.25, 0.3) is 0 Å². The number of aliphatic hydroxyl groups excluding tert-OH is 1. The molecule has 0 radical (unpaired) electrons. The van der Waals surface area contributed by atoms with E-state index in [4.69, 9.17) is 5.11 Å². The normalized spacial score (nSPS) is 12.6. The molecule has 1 aromatic rings. The Hall–Kier alpha value is -0.870. The number of hydrogen-bond donors (Lipinski definition) is 2. The van der Waals surface area contributed by atoms with Gasteiger partial charge >= 0.3 is 0 Å². The number of rotatable bonds is 3. The summed E-state index contributed by atoms with van der Waals surface area (Å²) in [5.41, 5.74) is 1.74. The molecule has 0 fully saturated rings. The predicted octanol–water partition coefficient (Wildman–Crippen LogP) is 1.48. The van der Waals surface area contributed by atoms with Crippen molar-refractivity contribution in [3.05, 3.63) is 21.4 Å². The monoisotopic (exact) mass is 213 g/mol. The van der Waals surface area contributed by atoms with E-state index in [2.05, 4.69) is 5.32 Å². The molecular formula is C10H15NO2S. The first kappa shape index (κ1) is 11.2. The SMILES string of the molecule is Cc1scc(C(=O)N[C@H](C)CO)c1C. The number of carbonyl (C=O) groups excluding carboxylic acids is 1. The molecule has 14 heavy (non-hydrogen) atoms. The van der Waals surface area contributed by atoms with Crippen LogP contribution < -0.4 is 5.32 Å². The third-order valence-electron chi connectivity index (χ3n) is 2.18. The van der Waals surface area contributed by atoms with Crippen LogP contribution in [0.5, 0.6) is 0 Å². The summed E-state index contributed by atoms with van der Waals surface area (Å²) in [5, 5.41) is 13.4. The highest BCUT2D eigenvalue weighted by molar-refractivity contribution is 7.10. The van der Waals surface area contributed by atoms with Crippen molar-refractivity contribution in [1.82, 2.24) is 5.32 Å². The number of thiophene rings is 1. The molecule has 1 rings (SSSR count). The Balaban J connectivity index is 2.75. The summed E-state index contributed by atoms with van der Waals surface area (Å²) in [4.78, 5) is 12.8. The van der Waals surface area contributed by atoms with Crippen molar-refractivity contribution >= 4 is 17.2 Å². The van der Waals surface area contributed by atoms with Crippen LogP contribution in [-0.2, 0) is 0 Å². The number of aryl methyl sites for hydroxylation is 1. The van der Waals surface area contributed by atoms with Gasteiger partial charge in [-0.15, -0.1) is 11.3 Å². The van der Waals surface area contributed by atoms with Gasteiger partial charge in [-0.3, -0.25) is 4.79 Å². The quantitative estimate of drug-likeness (QED) is 0.799. The summed E-state index contributed by atoms with van der Waals surface area (Å²) < 4.78 is 0. The second-order valence-corrected chi connectivity index (χ2v) is 4.47. The number of nitrogens with one attached hydrogen (secondary N) is 1. The third kappa shape index (κ3) is 2.33. The first-order valence-electron chi connectivity index (χ1n) is 4.52. The molecule has 3 nitrogen and oxygen atoms in total. The fourth-order valence-corrected chi connectivity index (χ4v) is 1.95. The molecule has 0 aromatic carbocycles. The third-order valence-corrected chi connectivity index (χ3v) is 3.19. The van der Waals surface area contributed by atoms with Crippen LogP contribution in [0.1, 0.15) is 27.7 Å². The van der Waals surface area contributed by atoms with Crippen molar-refractivity contribution in [3.63, 3.8) is 0 Å². The zero-order valence-electron chi connectivity index (χ0n) is 8.63. The van der Waals surface area contributed by atoms with Crippen LogP contribution in [0.2, 0.25) is 0 Å². The first-order valence-corrected chi connectivity index (χ1v) is 5.40. The van der Waals surface area contributed by atoms with E-state index in [1.807, 2.05) is 19.2 Å². The molecule has 0 saturated heterocycles. The lowest BCUT2D eigenvalue weighted by molar-refractivity contribution is 0.0922. The summed E-state index contributed by atoms with van der Waals surface area (Å²) in [6.07, 6.45) is 0. The fourth-order valence-electron chi connectivity index (χ4n) is 1.08. The fraction of sp³-hybridized carbons (Fsp3) is 0.500. The number of amides is 1. The second kappa shape index (κ2) is 4.57. The molecule has 0 spiro atoms. The molecule has 0 aliphatic heterocycles. The Kier molecular flexibility index (Phi) is 3.66. The summed E-state index contributed by atoms with van der Waals surface area (Å²) in [6.45, 7) is 5.66. The molecule has 78 valence electrons. The summed E-state index contributed by atoms with van der Waals surface area (Å²) >= 11 is 1.57. The van der Waals surface area contributed by atoms with Crippen LogP contribution in [0, 0.1) is 13.8 Å². The van der Waals surface area contributed by atoms with Gasteiger partial charge in [0.1, 0.15) is 0 Å². The molecule has 0 aliphatic rings. The van der Waals surface area contributed by atoms with Crippen molar-refractivity contribution in [3.8, 4) is 0 Å². The van der Waals surface area contributed by atoms with Crippen LogP contribution >= 0.6 is 11.3 Å². The predicted molar refractivity (Wildman–Crippen MR) is 57.8 cm³/mol. The van der Waals surface area contributed by atoms with Gasteiger partial charge in [0.2, 0.25) is 0 Å². The number of aliphatic hydroxyl groups is 1. The highest BCUT2D eigenvalue weighted by Crippen LogP contribution is 2.20. The second-order valence-electron chi connectivity index (χ2n) is 3.39. The van der Waals surface area contributed by atoms with Crippen molar-refractivity contribution in [2.45, 2.75) is 26.8 Å². The van der Waals surface area contributed by atoms with Gasteiger partial charge in [0.25, 0.3) is 5.91 Å². The maximum absolute atomic E-state index is 11.6. The van der Waals surface area contributed by atoms with Crippen LogP contribution in [0.3, 0.4) is 0 Å². The Morgan fingerprint density at radius 1 is 1.64 bits per heavy atom. The Labute approximate surface area is 87.8 Å². The molecule has 2 N–H and O–H groups in total. The van der Waals surface area contributed by atoms with Crippen molar-refractivity contribution in [2.75, 3.05) is 6.61 Å². The molecular weight excluding hydrogens is 198 g/mol. The molecule has 0 aliphatic carbocycles. The molecule has 1 heterocycles. The van der Waals surface area contributed by atoms with Gasteiger partial charge in [0.05, 0.1) is 12.2 Å². The Morgan fingerprint density at radius 3 is 2.71 bits per heavy atom. The minimum atomic E-state index is -0.192. The van der Waals surface area contributed by atoms with E-state index < -0.39 is 0 Å². The van der Waals surface area contributed by atoms with Crippen molar-refractivity contribution in [1.29, 1.82) is 0 Å². The molecule has 0 unspecified atom stereocenters. The summed E-state index contributed by atoms with van der Waals surface area (Å²) in [7, 11) is 0. The lowest BCUT2D eigenvalue weighted by Gasteiger charge is -2.10. The standard InChI is InChI=1S/C10H15NO2S/c1-6(4-12)11-10(13)9-5-14-8(3)7(9)2/h5-6,12H,4H2,1-3H3,(H,11,13)/t6-/m1/s1. The summed E-state index contributed by atoms with van der Waals surface area (Å²) in [6, 6.07) is -0.192. The first-order chi connectivity index (χ1) is 6.56. The minimum Gasteiger partial charge on any atom is -0.394 e. The molecule has 0 bridgehead atoms. The van der Waals surface area contributed by atoms with Gasteiger partial charge in [-0.25, -0.2) is 0 Å². The maximum atomic E-state index is 11.6. The Bertz CT molecular complexity index is 333. The van der Waals surface area contributed by atoms with Gasteiger partial charge in [0.15, 0.2) is 0 Å². The number of carbonyl (C=O) groups is 1. The maximum Gasteiger partial charge on any atom is 0.252 e. The summed E-state index contributed by atoms with van der Waals surface area (Å²) in [5.74, 6) is -0.103.